The van der Waals surface area contributed by atoms with Crippen molar-refractivity contribution in [1.82, 2.24) is 5.43 Å². The molecule has 1 aromatic carbocycles. The van der Waals surface area contributed by atoms with Crippen LogP contribution in [0, 0.1) is 11.8 Å². The summed E-state index contributed by atoms with van der Waals surface area (Å²) in [7, 11) is 0. The van der Waals surface area contributed by atoms with E-state index in [0.29, 0.717) is 15.8 Å². The van der Waals surface area contributed by atoms with Gasteiger partial charge in [-0.25, -0.2) is 5.43 Å². The first-order valence-electron chi connectivity index (χ1n) is 7.26. The van der Waals surface area contributed by atoms with Gasteiger partial charge in [0.05, 0.1) is 5.02 Å². The predicted molar refractivity (Wildman–Crippen MR) is 87.2 cm³/mol. The average molecular weight is 319 g/mol. The van der Waals surface area contributed by atoms with Gasteiger partial charge < -0.3 is 0 Å². The Bertz CT molecular complexity index is 752. The monoisotopic (exact) mass is 318 g/mol. The predicted octanol–water partition coefficient (Wildman–Crippen LogP) is 4.46. The van der Waals surface area contributed by atoms with Crippen LogP contribution in [-0.4, -0.2) is 11.6 Å². The molecule has 1 heterocycles. The molecule has 2 aliphatic carbocycles. The molecule has 5 heteroatoms. The average Bonchev–Trinajstić information content (AvgIpc) is 3.20. The van der Waals surface area contributed by atoms with Crippen molar-refractivity contribution in [3.63, 3.8) is 0 Å². The maximum absolute atomic E-state index is 12.3. The van der Waals surface area contributed by atoms with Crippen molar-refractivity contribution in [1.29, 1.82) is 0 Å². The first-order valence-corrected chi connectivity index (χ1v) is 8.45. The van der Waals surface area contributed by atoms with Crippen molar-refractivity contribution in [2.75, 3.05) is 0 Å². The van der Waals surface area contributed by atoms with E-state index in [-0.39, 0.29) is 5.91 Å². The molecule has 2 aliphatic rings. The fourth-order valence-corrected chi connectivity index (χ4v) is 4.90. The van der Waals surface area contributed by atoms with Gasteiger partial charge in [0.25, 0.3) is 5.91 Å². The van der Waals surface area contributed by atoms with Gasteiger partial charge in [0.1, 0.15) is 4.88 Å². The molecule has 3 nitrogen and oxygen atoms in total. The Hall–Kier alpha value is -1.39. The molecule has 2 bridgehead atoms. The number of rotatable bonds is 2. The molecule has 2 aromatic rings. The van der Waals surface area contributed by atoms with Gasteiger partial charge in [-0.2, -0.15) is 5.10 Å². The number of hydrogen-bond donors (Lipinski definition) is 1. The fourth-order valence-electron chi connectivity index (χ4n) is 3.50. The lowest BCUT2D eigenvalue weighted by molar-refractivity contribution is 0.0958. The highest BCUT2D eigenvalue weighted by atomic mass is 35.5. The molecule has 1 amide bonds. The van der Waals surface area contributed by atoms with Crippen molar-refractivity contribution in [3.8, 4) is 0 Å². The highest BCUT2D eigenvalue weighted by Gasteiger charge is 2.36. The van der Waals surface area contributed by atoms with Gasteiger partial charge in [-0.05, 0) is 43.6 Å². The fraction of sp³-hybridized carbons (Fsp3) is 0.375. The molecule has 2 saturated carbocycles. The van der Waals surface area contributed by atoms with Gasteiger partial charge in [0, 0.05) is 15.8 Å². The van der Waals surface area contributed by atoms with Gasteiger partial charge in [-0.1, -0.05) is 29.8 Å². The number of hydrogen-bond acceptors (Lipinski definition) is 3. The van der Waals surface area contributed by atoms with Crippen LogP contribution in [0.25, 0.3) is 10.1 Å². The first-order chi connectivity index (χ1) is 10.2. The van der Waals surface area contributed by atoms with Crippen molar-refractivity contribution < 1.29 is 4.79 Å². The smallest absolute Gasteiger partial charge is 0.266 e. The lowest BCUT2D eigenvalue weighted by Crippen LogP contribution is -2.21. The third kappa shape index (κ3) is 2.27. The second-order valence-electron chi connectivity index (χ2n) is 5.87. The zero-order chi connectivity index (χ0) is 14.4. The van der Waals surface area contributed by atoms with Crippen LogP contribution in [0.15, 0.2) is 29.4 Å². The Morgan fingerprint density at radius 1 is 1.33 bits per heavy atom. The number of benzene rings is 1. The molecule has 0 saturated heterocycles. The zero-order valence-electron chi connectivity index (χ0n) is 11.4. The minimum Gasteiger partial charge on any atom is -0.266 e. The van der Waals surface area contributed by atoms with Crippen LogP contribution in [0.3, 0.4) is 0 Å². The number of amides is 1. The Balaban J connectivity index is 1.56. The highest BCUT2D eigenvalue weighted by Crippen LogP contribution is 2.42. The Morgan fingerprint density at radius 2 is 2.19 bits per heavy atom. The Kier molecular flexibility index (Phi) is 3.23. The van der Waals surface area contributed by atoms with Crippen LogP contribution in [0.2, 0.25) is 5.02 Å². The first kappa shape index (κ1) is 13.3. The van der Waals surface area contributed by atoms with E-state index in [1.54, 1.807) is 0 Å². The number of fused-ring (bicyclic) bond motifs is 3. The SMILES string of the molecule is O=C(N/N=C1/C[C@@H]2CC[C@@H]1C2)c1sc2ccccc2c1Cl. The molecule has 1 aromatic heterocycles. The number of hydrazone groups is 1. The summed E-state index contributed by atoms with van der Waals surface area (Å²) in [4.78, 5) is 12.9. The van der Waals surface area contributed by atoms with Crippen molar-refractivity contribution in [3.05, 3.63) is 34.2 Å². The van der Waals surface area contributed by atoms with Gasteiger partial charge in [-0.3, -0.25) is 4.79 Å². The summed E-state index contributed by atoms with van der Waals surface area (Å²) < 4.78 is 1.03. The maximum atomic E-state index is 12.3. The Labute approximate surface area is 132 Å². The van der Waals surface area contributed by atoms with E-state index < -0.39 is 0 Å². The summed E-state index contributed by atoms with van der Waals surface area (Å²) in [5, 5.41) is 5.82. The number of carbonyl (C=O) groups is 1. The summed E-state index contributed by atoms with van der Waals surface area (Å²) >= 11 is 7.73. The molecule has 0 spiro atoms. The minimum absolute atomic E-state index is 0.198. The summed E-state index contributed by atoms with van der Waals surface area (Å²) in [6, 6.07) is 7.79. The molecule has 0 radical (unpaired) electrons. The van der Waals surface area contributed by atoms with Crippen molar-refractivity contribution >= 4 is 44.6 Å². The standard InChI is InChI=1S/C16H15ClN2OS/c17-14-11-3-1-2-4-13(11)21-15(14)16(20)19-18-12-8-9-5-6-10(12)7-9/h1-4,9-10H,5-8H2,(H,19,20)/b18-12-/t9-,10-/m1/s1. The lowest BCUT2D eigenvalue weighted by Gasteiger charge is -2.11. The van der Waals surface area contributed by atoms with Crippen molar-refractivity contribution in [2.45, 2.75) is 25.7 Å². The van der Waals surface area contributed by atoms with E-state index in [1.807, 2.05) is 24.3 Å². The van der Waals surface area contributed by atoms with Crippen LogP contribution in [0.5, 0.6) is 0 Å². The summed E-state index contributed by atoms with van der Waals surface area (Å²) in [6.45, 7) is 0. The van der Waals surface area contributed by atoms with Crippen LogP contribution in [-0.2, 0) is 0 Å². The number of nitrogens with zero attached hydrogens (tertiary/aromatic N) is 1. The van der Waals surface area contributed by atoms with E-state index in [4.69, 9.17) is 11.6 Å². The quantitative estimate of drug-likeness (QED) is 0.816. The second-order valence-corrected chi connectivity index (χ2v) is 7.30. The largest absolute Gasteiger partial charge is 0.283 e. The van der Waals surface area contributed by atoms with E-state index in [1.165, 1.54) is 30.6 Å². The molecule has 1 N–H and O–H groups in total. The molecule has 2 fully saturated rings. The van der Waals surface area contributed by atoms with Crippen LogP contribution < -0.4 is 5.43 Å². The maximum Gasteiger partial charge on any atom is 0.283 e. The summed E-state index contributed by atoms with van der Waals surface area (Å²) in [5.41, 5.74) is 3.87. The number of halogens is 1. The second kappa shape index (κ2) is 5.11. The number of thiophene rings is 1. The van der Waals surface area contributed by atoms with Crippen LogP contribution in [0.4, 0.5) is 0 Å². The van der Waals surface area contributed by atoms with Crippen molar-refractivity contribution in [2.24, 2.45) is 16.9 Å². The van der Waals surface area contributed by atoms with E-state index in [0.717, 1.165) is 28.1 Å². The summed E-state index contributed by atoms with van der Waals surface area (Å²) in [5.74, 6) is 1.18. The topological polar surface area (TPSA) is 41.5 Å². The third-order valence-corrected chi connectivity index (χ3v) is 6.23. The lowest BCUT2D eigenvalue weighted by atomic mass is 9.99. The number of nitrogens with one attached hydrogen (secondary N) is 1. The van der Waals surface area contributed by atoms with Gasteiger partial charge in [0.15, 0.2) is 0 Å². The van der Waals surface area contributed by atoms with Gasteiger partial charge in [0.2, 0.25) is 0 Å². The van der Waals surface area contributed by atoms with E-state index >= 15 is 0 Å². The molecule has 4 rings (SSSR count). The normalized spacial score (nSPS) is 25.9. The molecule has 0 aliphatic heterocycles. The Morgan fingerprint density at radius 3 is 2.90 bits per heavy atom. The molecule has 108 valence electrons. The minimum atomic E-state index is -0.198. The molecule has 2 atom stereocenters. The van der Waals surface area contributed by atoms with Crippen LogP contribution in [0.1, 0.15) is 35.4 Å². The molecule has 21 heavy (non-hydrogen) atoms. The molecule has 0 unspecified atom stereocenters. The van der Waals surface area contributed by atoms with Gasteiger partial charge >= 0.3 is 0 Å². The zero-order valence-corrected chi connectivity index (χ0v) is 13.0. The van der Waals surface area contributed by atoms with E-state index in [9.17, 15) is 4.79 Å². The third-order valence-electron chi connectivity index (χ3n) is 4.55. The van der Waals surface area contributed by atoms with Crippen LogP contribution >= 0.6 is 22.9 Å². The summed E-state index contributed by atoms with van der Waals surface area (Å²) in [6.07, 6.45) is 4.84. The highest BCUT2D eigenvalue weighted by molar-refractivity contribution is 7.21. The molecular weight excluding hydrogens is 304 g/mol. The molecular formula is C16H15ClN2OS. The number of carbonyl (C=O) groups excluding carboxylic acids is 1. The van der Waals surface area contributed by atoms with Gasteiger partial charge in [-0.15, -0.1) is 11.3 Å². The van der Waals surface area contributed by atoms with E-state index in [2.05, 4.69) is 10.5 Å².